The molecule has 1 saturated carbocycles. The van der Waals surface area contributed by atoms with Gasteiger partial charge in [0.15, 0.2) is 9.04 Å². The second kappa shape index (κ2) is 8.53. The molecule has 0 radical (unpaired) electrons. The molecule has 2 aromatic carbocycles. The molecule has 3 fully saturated rings. The summed E-state index contributed by atoms with van der Waals surface area (Å²) in [6.07, 6.45) is 2.92. The van der Waals surface area contributed by atoms with Crippen LogP contribution in [0.1, 0.15) is 63.1 Å². The standard InChI is InChI=1S/C26H34O4Si/c1-24(2,3)31(22(20-10-6-4-7-11-20)21-12-8-5-9-13-21)30-19-26-16-14-25(15-17-26,18-29-26)23(27)28/h4-13,22,31H,14-19H2,1-3H3,(H,27,28). The lowest BCUT2D eigenvalue weighted by molar-refractivity contribution is -0.209. The fourth-order valence-electron chi connectivity index (χ4n) is 5.18. The van der Waals surface area contributed by atoms with Crippen LogP contribution < -0.4 is 0 Å². The minimum Gasteiger partial charge on any atom is -0.481 e. The van der Waals surface area contributed by atoms with Crippen molar-refractivity contribution < 1.29 is 19.1 Å². The topological polar surface area (TPSA) is 55.8 Å². The lowest BCUT2D eigenvalue weighted by Crippen LogP contribution is -2.57. The number of ether oxygens (including phenoxy) is 1. The van der Waals surface area contributed by atoms with Crippen LogP contribution in [-0.2, 0) is 14.0 Å². The quantitative estimate of drug-likeness (QED) is 0.595. The van der Waals surface area contributed by atoms with E-state index in [9.17, 15) is 9.90 Å². The molecule has 5 rings (SSSR count). The van der Waals surface area contributed by atoms with Gasteiger partial charge in [-0.2, -0.15) is 0 Å². The van der Waals surface area contributed by atoms with Crippen molar-refractivity contribution in [3.8, 4) is 0 Å². The number of carboxylic acid groups (broad SMARTS) is 1. The molecule has 2 saturated heterocycles. The van der Waals surface area contributed by atoms with Gasteiger partial charge in [0, 0.05) is 5.54 Å². The maximum absolute atomic E-state index is 11.7. The third kappa shape index (κ3) is 4.50. The first kappa shape index (κ1) is 22.2. The predicted octanol–water partition coefficient (Wildman–Crippen LogP) is 5.31. The van der Waals surface area contributed by atoms with E-state index in [0.717, 1.165) is 12.8 Å². The SMILES string of the molecule is CC(C)(C)[SiH](OCC12CCC(C(=O)O)(CC1)CO2)C(c1ccccc1)c1ccccc1. The Morgan fingerprint density at radius 2 is 1.52 bits per heavy atom. The Bertz CT molecular complexity index is 827. The summed E-state index contributed by atoms with van der Waals surface area (Å²) in [5.74, 6) is -0.711. The van der Waals surface area contributed by atoms with E-state index in [1.807, 2.05) is 0 Å². The third-order valence-corrected chi connectivity index (χ3v) is 10.8. The normalized spacial score (nSPS) is 26.7. The summed E-state index contributed by atoms with van der Waals surface area (Å²) < 4.78 is 13.1. The molecule has 0 aromatic heterocycles. The van der Waals surface area contributed by atoms with E-state index >= 15 is 0 Å². The fraction of sp³-hybridized carbons (Fsp3) is 0.500. The van der Waals surface area contributed by atoms with Gasteiger partial charge in [-0.25, -0.2) is 0 Å². The number of hydrogen-bond donors (Lipinski definition) is 1. The van der Waals surface area contributed by atoms with Gasteiger partial charge < -0.3 is 14.3 Å². The van der Waals surface area contributed by atoms with Crippen LogP contribution in [0.15, 0.2) is 60.7 Å². The van der Waals surface area contributed by atoms with Crippen LogP contribution in [0.2, 0.25) is 5.04 Å². The first-order chi connectivity index (χ1) is 14.7. The first-order valence-electron chi connectivity index (χ1n) is 11.3. The van der Waals surface area contributed by atoms with Gasteiger partial charge in [0.05, 0.1) is 24.2 Å². The van der Waals surface area contributed by atoms with Crippen molar-refractivity contribution in [2.75, 3.05) is 13.2 Å². The average molecular weight is 439 g/mol. The molecule has 31 heavy (non-hydrogen) atoms. The van der Waals surface area contributed by atoms with Crippen molar-refractivity contribution in [1.82, 2.24) is 0 Å². The molecule has 166 valence electrons. The van der Waals surface area contributed by atoms with Gasteiger partial charge in [-0.3, -0.25) is 4.79 Å². The molecule has 2 aromatic rings. The van der Waals surface area contributed by atoms with Crippen molar-refractivity contribution in [3.63, 3.8) is 0 Å². The number of aliphatic carboxylic acids is 1. The molecular formula is C26H34O4Si. The smallest absolute Gasteiger partial charge is 0.311 e. The number of rotatable bonds is 7. The van der Waals surface area contributed by atoms with Crippen LogP contribution >= 0.6 is 0 Å². The van der Waals surface area contributed by atoms with Gasteiger partial charge in [-0.15, -0.1) is 0 Å². The Balaban J connectivity index is 1.59. The van der Waals surface area contributed by atoms with Crippen LogP contribution in [0.3, 0.4) is 0 Å². The molecule has 4 nitrogen and oxygen atoms in total. The summed E-state index contributed by atoms with van der Waals surface area (Å²) in [6.45, 7) is 7.75. The molecule has 2 heterocycles. The lowest BCUT2D eigenvalue weighted by atomic mass is 9.66. The van der Waals surface area contributed by atoms with Crippen LogP contribution in [0.25, 0.3) is 0 Å². The van der Waals surface area contributed by atoms with Gasteiger partial charge in [-0.1, -0.05) is 81.4 Å². The Labute approximate surface area is 187 Å². The number of fused-ring (bicyclic) bond motifs is 3. The van der Waals surface area contributed by atoms with Crippen molar-refractivity contribution in [3.05, 3.63) is 71.8 Å². The van der Waals surface area contributed by atoms with Crippen LogP contribution in [-0.4, -0.2) is 38.9 Å². The maximum Gasteiger partial charge on any atom is 0.311 e. The second-order valence-corrected chi connectivity index (χ2v) is 14.0. The van der Waals surface area contributed by atoms with Crippen molar-refractivity contribution in [1.29, 1.82) is 0 Å². The minimum absolute atomic E-state index is 0.0428. The summed E-state index contributed by atoms with van der Waals surface area (Å²) in [6, 6.07) is 21.4. The van der Waals surface area contributed by atoms with Gasteiger partial charge in [0.2, 0.25) is 0 Å². The first-order valence-corrected chi connectivity index (χ1v) is 13.1. The molecule has 1 unspecified atom stereocenters. The molecule has 0 spiro atoms. The van der Waals surface area contributed by atoms with E-state index in [2.05, 4.69) is 81.4 Å². The predicted molar refractivity (Wildman–Crippen MR) is 125 cm³/mol. The number of benzene rings is 2. The Kier molecular flexibility index (Phi) is 6.12. The summed E-state index contributed by atoms with van der Waals surface area (Å²) in [7, 11) is -1.84. The van der Waals surface area contributed by atoms with E-state index in [-0.39, 0.29) is 16.2 Å². The highest BCUT2D eigenvalue weighted by Crippen LogP contribution is 2.50. The van der Waals surface area contributed by atoms with Crippen LogP contribution in [0.5, 0.6) is 0 Å². The Hall–Kier alpha value is -1.95. The third-order valence-electron chi connectivity index (χ3n) is 7.23. The second-order valence-electron chi connectivity index (χ2n) is 10.5. The molecule has 1 atom stereocenters. The largest absolute Gasteiger partial charge is 0.481 e. The Morgan fingerprint density at radius 1 is 1.00 bits per heavy atom. The van der Waals surface area contributed by atoms with Gasteiger partial charge >= 0.3 is 5.97 Å². The van der Waals surface area contributed by atoms with Crippen LogP contribution in [0.4, 0.5) is 0 Å². The van der Waals surface area contributed by atoms with E-state index in [1.54, 1.807) is 0 Å². The number of carboxylic acids is 1. The van der Waals surface area contributed by atoms with E-state index in [1.165, 1.54) is 11.1 Å². The lowest BCUT2D eigenvalue weighted by Gasteiger charge is -2.51. The summed E-state index contributed by atoms with van der Waals surface area (Å²) in [5, 5.41) is 9.69. The number of carbonyl (C=O) groups is 1. The Morgan fingerprint density at radius 3 is 1.90 bits per heavy atom. The zero-order chi connectivity index (χ0) is 22.1. The van der Waals surface area contributed by atoms with Crippen molar-refractivity contribution >= 4 is 15.0 Å². The van der Waals surface area contributed by atoms with Gasteiger partial charge in [-0.05, 0) is 41.8 Å². The summed E-state index contributed by atoms with van der Waals surface area (Å²) in [4.78, 5) is 11.7. The van der Waals surface area contributed by atoms with Gasteiger partial charge in [0.1, 0.15) is 0 Å². The van der Waals surface area contributed by atoms with E-state index in [4.69, 9.17) is 9.16 Å². The zero-order valence-electron chi connectivity index (χ0n) is 18.8. The highest BCUT2D eigenvalue weighted by Gasteiger charge is 2.54. The maximum atomic E-state index is 11.7. The molecule has 5 heteroatoms. The molecule has 2 bridgehead atoms. The van der Waals surface area contributed by atoms with Crippen LogP contribution in [0, 0.1) is 5.41 Å². The van der Waals surface area contributed by atoms with E-state index < -0.39 is 20.4 Å². The average Bonchev–Trinajstić information content (AvgIpc) is 2.78. The molecular weight excluding hydrogens is 404 g/mol. The monoisotopic (exact) mass is 438 g/mol. The summed E-state index contributed by atoms with van der Waals surface area (Å²) in [5.41, 5.74) is 1.83. The highest BCUT2D eigenvalue weighted by atomic mass is 28.3. The molecule has 3 aliphatic rings. The highest BCUT2D eigenvalue weighted by molar-refractivity contribution is 6.58. The van der Waals surface area contributed by atoms with Gasteiger partial charge in [0.25, 0.3) is 0 Å². The van der Waals surface area contributed by atoms with E-state index in [0.29, 0.717) is 26.1 Å². The zero-order valence-corrected chi connectivity index (χ0v) is 20.0. The number of hydrogen-bond acceptors (Lipinski definition) is 3. The molecule has 0 amide bonds. The van der Waals surface area contributed by atoms with Crippen molar-refractivity contribution in [2.45, 2.75) is 62.6 Å². The summed E-state index contributed by atoms with van der Waals surface area (Å²) >= 11 is 0. The fourth-order valence-corrected chi connectivity index (χ4v) is 8.50. The van der Waals surface area contributed by atoms with Crippen molar-refractivity contribution in [2.24, 2.45) is 5.41 Å². The minimum atomic E-state index is -1.84. The molecule has 1 aliphatic carbocycles. The molecule has 2 aliphatic heterocycles. The molecule has 1 N–H and O–H groups in total.